The van der Waals surface area contributed by atoms with Crippen LogP contribution < -0.4 is 5.32 Å². The van der Waals surface area contributed by atoms with Crippen LogP contribution in [-0.2, 0) is 9.53 Å². The van der Waals surface area contributed by atoms with Crippen LogP contribution >= 0.6 is 0 Å². The monoisotopic (exact) mass is 497 g/mol. The number of hydrazone groups is 1. The minimum atomic E-state index is -0.672. The summed E-state index contributed by atoms with van der Waals surface area (Å²) in [6.45, 7) is 1.51. The number of aryl methyl sites for hydroxylation is 1. The number of carbonyl (C=O) groups is 3. The Hall–Kier alpha value is -4.92. The molecular formula is C28H23N3O6. The number of benzene rings is 2. The van der Waals surface area contributed by atoms with Crippen LogP contribution in [0, 0.1) is 6.92 Å². The van der Waals surface area contributed by atoms with Gasteiger partial charge < -0.3 is 18.9 Å². The van der Waals surface area contributed by atoms with Gasteiger partial charge in [0.05, 0.1) is 23.8 Å². The van der Waals surface area contributed by atoms with Crippen molar-refractivity contribution in [2.75, 3.05) is 11.9 Å². The molecule has 3 heterocycles. The van der Waals surface area contributed by atoms with E-state index in [0.717, 1.165) is 16.8 Å². The summed E-state index contributed by atoms with van der Waals surface area (Å²) in [6, 6.07) is 20.3. The van der Waals surface area contributed by atoms with Gasteiger partial charge in [-0.15, -0.1) is 0 Å². The molecule has 1 N–H and O–H groups in total. The number of ether oxygens (including phenoxy) is 1. The smallest absolute Gasteiger partial charge is 0.338 e. The fourth-order valence-electron chi connectivity index (χ4n) is 3.93. The maximum atomic E-state index is 13.0. The highest BCUT2D eigenvalue weighted by Gasteiger charge is 2.35. The molecule has 0 aliphatic carbocycles. The van der Waals surface area contributed by atoms with E-state index in [2.05, 4.69) is 10.4 Å². The van der Waals surface area contributed by atoms with E-state index in [1.807, 2.05) is 31.2 Å². The van der Waals surface area contributed by atoms with Gasteiger partial charge in [-0.05, 0) is 61.0 Å². The average Bonchev–Trinajstić information content (AvgIpc) is 3.69. The number of hydrogen-bond acceptors (Lipinski definition) is 7. The van der Waals surface area contributed by atoms with Gasteiger partial charge >= 0.3 is 5.97 Å². The van der Waals surface area contributed by atoms with Crippen molar-refractivity contribution in [3.05, 3.63) is 114 Å². The maximum Gasteiger partial charge on any atom is 0.338 e. The lowest BCUT2D eigenvalue weighted by Crippen LogP contribution is -2.31. The highest BCUT2D eigenvalue weighted by Crippen LogP contribution is 2.33. The second-order valence-corrected chi connectivity index (χ2v) is 8.47. The van der Waals surface area contributed by atoms with Crippen LogP contribution in [0.4, 0.5) is 5.69 Å². The molecule has 1 aliphatic heterocycles. The summed E-state index contributed by atoms with van der Waals surface area (Å²) < 4.78 is 15.9. The zero-order chi connectivity index (χ0) is 25.8. The summed E-state index contributed by atoms with van der Waals surface area (Å²) >= 11 is 0. The number of anilines is 1. The van der Waals surface area contributed by atoms with E-state index in [-0.39, 0.29) is 11.3 Å². The van der Waals surface area contributed by atoms with Gasteiger partial charge in [0.25, 0.3) is 11.8 Å². The standard InChI is InChI=1S/C28H23N3O6/c1-18-6-8-19(9-7-18)22-16-23(24-4-2-14-35-24)31(30-22)26(32)17-37-28(34)20-10-12-21(13-11-20)29-27(33)25-5-3-15-36-25/h2-15,23H,16-17H2,1H3,(H,29,33). The molecule has 1 atom stereocenters. The number of nitrogens with one attached hydrogen (secondary N) is 1. The molecule has 0 saturated heterocycles. The topological polar surface area (TPSA) is 114 Å². The SMILES string of the molecule is Cc1ccc(C2=NN(C(=O)COC(=O)c3ccc(NC(=O)c4ccco4)cc3)C(c3ccco3)C2)cc1. The van der Waals surface area contributed by atoms with Crippen molar-refractivity contribution in [1.29, 1.82) is 0 Å². The van der Waals surface area contributed by atoms with E-state index in [1.54, 1.807) is 42.7 Å². The number of nitrogens with zero attached hydrogens (tertiary/aromatic N) is 2. The van der Waals surface area contributed by atoms with Crippen LogP contribution in [0.15, 0.2) is 99.3 Å². The predicted molar refractivity (Wildman–Crippen MR) is 134 cm³/mol. The highest BCUT2D eigenvalue weighted by molar-refractivity contribution is 6.04. The molecule has 0 fully saturated rings. The summed E-state index contributed by atoms with van der Waals surface area (Å²) in [5, 5.41) is 8.52. The van der Waals surface area contributed by atoms with Gasteiger partial charge in [-0.2, -0.15) is 5.10 Å². The minimum Gasteiger partial charge on any atom is -0.467 e. The Morgan fingerprint density at radius 1 is 0.973 bits per heavy atom. The first-order valence-corrected chi connectivity index (χ1v) is 11.6. The molecule has 0 spiro atoms. The zero-order valence-electron chi connectivity index (χ0n) is 19.9. The third kappa shape index (κ3) is 5.35. The van der Waals surface area contributed by atoms with Crippen molar-refractivity contribution in [3.63, 3.8) is 0 Å². The lowest BCUT2D eigenvalue weighted by molar-refractivity contribution is -0.136. The second-order valence-electron chi connectivity index (χ2n) is 8.47. The fourth-order valence-corrected chi connectivity index (χ4v) is 3.93. The van der Waals surface area contributed by atoms with Gasteiger partial charge in [0, 0.05) is 12.1 Å². The molecule has 1 aliphatic rings. The third-order valence-corrected chi connectivity index (χ3v) is 5.87. The number of hydrogen-bond donors (Lipinski definition) is 1. The number of furan rings is 2. The first kappa shape index (κ1) is 23.8. The average molecular weight is 498 g/mol. The van der Waals surface area contributed by atoms with Gasteiger partial charge in [0.2, 0.25) is 0 Å². The van der Waals surface area contributed by atoms with Crippen molar-refractivity contribution in [1.82, 2.24) is 5.01 Å². The number of amides is 2. The van der Waals surface area contributed by atoms with Crippen molar-refractivity contribution < 1.29 is 28.0 Å². The lowest BCUT2D eigenvalue weighted by atomic mass is 10.0. The van der Waals surface area contributed by atoms with Crippen molar-refractivity contribution in [2.24, 2.45) is 5.10 Å². The third-order valence-electron chi connectivity index (χ3n) is 5.87. The Balaban J connectivity index is 1.23. The Morgan fingerprint density at radius 3 is 2.38 bits per heavy atom. The quantitative estimate of drug-likeness (QED) is 0.361. The number of rotatable bonds is 7. The van der Waals surface area contributed by atoms with Crippen LogP contribution in [-0.4, -0.2) is 35.1 Å². The number of carbonyl (C=O) groups excluding carboxylic acids is 3. The minimum absolute atomic E-state index is 0.171. The van der Waals surface area contributed by atoms with Gasteiger partial charge in [-0.3, -0.25) is 9.59 Å². The first-order valence-electron chi connectivity index (χ1n) is 11.6. The molecule has 2 amide bonds. The molecule has 186 valence electrons. The van der Waals surface area contributed by atoms with E-state index < -0.39 is 30.4 Å². The van der Waals surface area contributed by atoms with Crippen molar-refractivity contribution >= 4 is 29.2 Å². The lowest BCUT2D eigenvalue weighted by Gasteiger charge is -2.19. The zero-order valence-corrected chi connectivity index (χ0v) is 19.9. The molecule has 0 radical (unpaired) electrons. The molecule has 4 aromatic rings. The van der Waals surface area contributed by atoms with E-state index in [0.29, 0.717) is 17.9 Å². The molecule has 5 rings (SSSR count). The molecule has 9 nitrogen and oxygen atoms in total. The van der Waals surface area contributed by atoms with Gasteiger partial charge in [-0.1, -0.05) is 29.8 Å². The predicted octanol–water partition coefficient (Wildman–Crippen LogP) is 4.97. The summed E-state index contributed by atoms with van der Waals surface area (Å²) in [7, 11) is 0. The van der Waals surface area contributed by atoms with Crippen LogP contribution in [0.2, 0.25) is 0 Å². The summed E-state index contributed by atoms with van der Waals surface area (Å²) in [6.07, 6.45) is 3.42. The largest absolute Gasteiger partial charge is 0.467 e. The Morgan fingerprint density at radius 2 is 1.70 bits per heavy atom. The second kappa shape index (κ2) is 10.4. The van der Waals surface area contributed by atoms with Crippen LogP contribution in [0.1, 0.15) is 50.3 Å². The first-order chi connectivity index (χ1) is 18.0. The molecule has 2 aromatic carbocycles. The van der Waals surface area contributed by atoms with E-state index >= 15 is 0 Å². The van der Waals surface area contributed by atoms with E-state index in [9.17, 15) is 14.4 Å². The van der Waals surface area contributed by atoms with Crippen molar-refractivity contribution in [2.45, 2.75) is 19.4 Å². The Bertz CT molecular complexity index is 1420. The molecule has 1 unspecified atom stereocenters. The molecule has 2 aromatic heterocycles. The fraction of sp³-hybridized carbons (Fsp3) is 0.143. The van der Waals surface area contributed by atoms with Crippen molar-refractivity contribution in [3.8, 4) is 0 Å². The van der Waals surface area contributed by atoms with Crippen LogP contribution in [0.3, 0.4) is 0 Å². The van der Waals surface area contributed by atoms with E-state index in [4.69, 9.17) is 13.6 Å². The van der Waals surface area contributed by atoms with E-state index in [1.165, 1.54) is 23.4 Å². The summed E-state index contributed by atoms with van der Waals surface area (Å²) in [5.74, 6) is -0.788. The Kier molecular flexibility index (Phi) is 6.67. The van der Waals surface area contributed by atoms with Crippen LogP contribution in [0.5, 0.6) is 0 Å². The molecular weight excluding hydrogens is 474 g/mol. The molecule has 9 heteroatoms. The number of esters is 1. The normalized spacial score (nSPS) is 14.8. The molecule has 37 heavy (non-hydrogen) atoms. The van der Waals surface area contributed by atoms with Gasteiger partial charge in [0.15, 0.2) is 12.4 Å². The maximum absolute atomic E-state index is 13.0. The summed E-state index contributed by atoms with van der Waals surface area (Å²) in [4.78, 5) is 37.7. The van der Waals surface area contributed by atoms with Gasteiger partial charge in [-0.25, -0.2) is 9.80 Å². The molecule has 0 bridgehead atoms. The van der Waals surface area contributed by atoms with Crippen LogP contribution in [0.25, 0.3) is 0 Å². The Labute approximate surface area is 212 Å². The summed E-state index contributed by atoms with van der Waals surface area (Å²) in [5.41, 5.74) is 3.49. The highest BCUT2D eigenvalue weighted by atomic mass is 16.5. The molecule has 0 saturated carbocycles. The van der Waals surface area contributed by atoms with Gasteiger partial charge in [0.1, 0.15) is 11.8 Å².